The highest BCUT2D eigenvalue weighted by atomic mass is 16.5. The minimum atomic E-state index is -0.221. The lowest BCUT2D eigenvalue weighted by Crippen LogP contribution is -2.15. The molecule has 0 radical (unpaired) electrons. The summed E-state index contributed by atoms with van der Waals surface area (Å²) in [6, 6.07) is 20.0. The van der Waals surface area contributed by atoms with Crippen LogP contribution in [0.3, 0.4) is 0 Å². The van der Waals surface area contributed by atoms with Crippen molar-refractivity contribution in [3.05, 3.63) is 93.4 Å². The van der Waals surface area contributed by atoms with Crippen LogP contribution in [-0.4, -0.2) is 16.2 Å². The fourth-order valence-electron chi connectivity index (χ4n) is 3.59. The summed E-state index contributed by atoms with van der Waals surface area (Å²) in [5, 5.41) is 0. The molecule has 3 aromatic carbocycles. The van der Waals surface area contributed by atoms with Crippen molar-refractivity contribution in [1.82, 2.24) is 9.97 Å². The summed E-state index contributed by atoms with van der Waals surface area (Å²) in [5.41, 5.74) is 6.32. The summed E-state index contributed by atoms with van der Waals surface area (Å²) in [7, 11) is 0. The largest absolute Gasteiger partial charge is 0.488 e. The van der Waals surface area contributed by atoms with Gasteiger partial charge in [-0.15, -0.1) is 0 Å². The fourth-order valence-corrected chi connectivity index (χ4v) is 3.59. The van der Waals surface area contributed by atoms with Crippen LogP contribution in [0.2, 0.25) is 0 Å². The van der Waals surface area contributed by atoms with Gasteiger partial charge in [0.05, 0.1) is 16.7 Å². The molecule has 0 atom stereocenters. The lowest BCUT2D eigenvalue weighted by Gasteiger charge is -2.25. The highest BCUT2D eigenvalue weighted by Gasteiger charge is 2.22. The Kier molecular flexibility index (Phi) is 5.51. The average Bonchev–Trinajstić information content (AvgIpc) is 3.10. The quantitative estimate of drug-likeness (QED) is 0.406. The highest BCUT2D eigenvalue weighted by molar-refractivity contribution is 5.88. The third kappa shape index (κ3) is 4.77. The Labute approximate surface area is 181 Å². The van der Waals surface area contributed by atoms with Gasteiger partial charge in [0.15, 0.2) is 0 Å². The Balaban J connectivity index is 1.72. The first kappa shape index (κ1) is 20.7. The van der Waals surface area contributed by atoms with Crippen LogP contribution in [0.4, 0.5) is 5.69 Å². The van der Waals surface area contributed by atoms with Gasteiger partial charge in [-0.05, 0) is 47.7 Å². The summed E-state index contributed by atoms with van der Waals surface area (Å²) < 4.78 is 6.35. The number of aromatic nitrogens is 2. The number of benzene rings is 3. The number of fused-ring (bicyclic) bond motifs is 1. The van der Waals surface area contributed by atoms with Crippen LogP contribution in [-0.2, 0) is 12.0 Å². The van der Waals surface area contributed by atoms with Gasteiger partial charge in [-0.3, -0.25) is 4.99 Å². The number of hydrogen-bond donors (Lipinski definition) is 2. The molecule has 4 aromatic rings. The lowest BCUT2D eigenvalue weighted by atomic mass is 9.84. The molecule has 0 amide bonds. The van der Waals surface area contributed by atoms with Gasteiger partial charge < -0.3 is 14.7 Å². The maximum atomic E-state index is 11.5. The zero-order chi connectivity index (χ0) is 22.0. The molecule has 0 unspecified atom stereocenters. The fraction of sp³-hybridized carbons (Fsp3) is 0.231. The van der Waals surface area contributed by atoms with Gasteiger partial charge in [-0.1, -0.05) is 57.2 Å². The van der Waals surface area contributed by atoms with Crippen LogP contribution in [0.25, 0.3) is 11.0 Å². The molecule has 1 aromatic heterocycles. The highest BCUT2D eigenvalue weighted by Crippen LogP contribution is 2.35. The first-order chi connectivity index (χ1) is 14.8. The van der Waals surface area contributed by atoms with E-state index in [1.807, 2.05) is 42.6 Å². The van der Waals surface area contributed by atoms with Gasteiger partial charge in [-0.25, -0.2) is 4.79 Å². The smallest absolute Gasteiger partial charge is 0.323 e. The standard InChI is InChI=1S/C26H27N3O2/c1-17-12-19(15-27-20-10-11-22-23(14-20)29-25(30)28-22)24(21(13-17)26(2,3)4)31-16-18-8-6-5-7-9-18/h5-15H,16H2,1-4H3,(H2,28,29,30). The van der Waals surface area contributed by atoms with E-state index in [9.17, 15) is 4.79 Å². The predicted molar refractivity (Wildman–Crippen MR) is 127 cm³/mol. The third-order valence-electron chi connectivity index (χ3n) is 5.15. The molecule has 0 aliphatic heterocycles. The molecule has 0 aliphatic carbocycles. The number of hydrogen-bond acceptors (Lipinski definition) is 3. The maximum absolute atomic E-state index is 11.5. The van der Waals surface area contributed by atoms with E-state index in [0.717, 1.165) is 44.7 Å². The molecule has 0 fully saturated rings. The van der Waals surface area contributed by atoms with Gasteiger partial charge in [0.1, 0.15) is 12.4 Å². The first-order valence-electron chi connectivity index (χ1n) is 10.4. The van der Waals surface area contributed by atoms with Crippen molar-refractivity contribution in [2.45, 2.75) is 39.7 Å². The number of aliphatic imine (C=N–C) groups is 1. The van der Waals surface area contributed by atoms with E-state index in [4.69, 9.17) is 4.74 Å². The molecule has 4 rings (SSSR count). The number of aromatic amines is 2. The zero-order valence-corrected chi connectivity index (χ0v) is 18.3. The van der Waals surface area contributed by atoms with Crippen molar-refractivity contribution >= 4 is 22.9 Å². The summed E-state index contributed by atoms with van der Waals surface area (Å²) >= 11 is 0. The molecule has 2 N–H and O–H groups in total. The van der Waals surface area contributed by atoms with Crippen LogP contribution in [0.1, 0.15) is 43.0 Å². The van der Waals surface area contributed by atoms with Crippen molar-refractivity contribution in [2.75, 3.05) is 0 Å². The Morgan fingerprint density at radius 2 is 1.71 bits per heavy atom. The van der Waals surface area contributed by atoms with E-state index in [2.05, 4.69) is 66.9 Å². The van der Waals surface area contributed by atoms with E-state index in [1.165, 1.54) is 0 Å². The minimum Gasteiger partial charge on any atom is -0.488 e. The number of rotatable bonds is 5. The molecule has 1 heterocycles. The SMILES string of the molecule is Cc1cc(C=Nc2ccc3[nH]c(=O)[nH]c3c2)c(OCc2ccccc2)c(C(C)(C)C)c1. The van der Waals surface area contributed by atoms with Crippen LogP contribution >= 0.6 is 0 Å². The van der Waals surface area contributed by atoms with E-state index >= 15 is 0 Å². The van der Waals surface area contributed by atoms with Crippen molar-refractivity contribution in [3.63, 3.8) is 0 Å². The van der Waals surface area contributed by atoms with E-state index in [0.29, 0.717) is 6.61 Å². The summed E-state index contributed by atoms with van der Waals surface area (Å²) in [6.45, 7) is 9.14. The van der Waals surface area contributed by atoms with Crippen molar-refractivity contribution < 1.29 is 4.74 Å². The molecular formula is C26H27N3O2. The first-order valence-corrected chi connectivity index (χ1v) is 10.4. The maximum Gasteiger partial charge on any atom is 0.323 e. The Morgan fingerprint density at radius 3 is 2.45 bits per heavy atom. The molecule has 0 bridgehead atoms. The minimum absolute atomic E-state index is 0.0792. The van der Waals surface area contributed by atoms with Crippen LogP contribution in [0.5, 0.6) is 5.75 Å². The number of H-pyrrole nitrogens is 2. The Bertz CT molecular complexity index is 1290. The third-order valence-corrected chi connectivity index (χ3v) is 5.15. The van der Waals surface area contributed by atoms with Gasteiger partial charge in [0, 0.05) is 17.3 Å². The van der Waals surface area contributed by atoms with Gasteiger partial charge >= 0.3 is 5.69 Å². The number of nitrogens with one attached hydrogen (secondary N) is 2. The number of ether oxygens (including phenoxy) is 1. The molecule has 5 heteroatoms. The monoisotopic (exact) mass is 413 g/mol. The van der Waals surface area contributed by atoms with Crippen LogP contribution in [0.15, 0.2) is 70.5 Å². The molecule has 0 saturated heterocycles. The lowest BCUT2D eigenvalue weighted by molar-refractivity contribution is 0.297. The van der Waals surface area contributed by atoms with Gasteiger partial charge in [-0.2, -0.15) is 0 Å². The summed E-state index contributed by atoms with van der Waals surface area (Å²) in [4.78, 5) is 21.7. The van der Waals surface area contributed by atoms with Crippen molar-refractivity contribution in [1.29, 1.82) is 0 Å². The van der Waals surface area contributed by atoms with E-state index < -0.39 is 0 Å². The average molecular weight is 414 g/mol. The molecule has 5 nitrogen and oxygen atoms in total. The molecule has 31 heavy (non-hydrogen) atoms. The van der Waals surface area contributed by atoms with E-state index in [1.54, 1.807) is 0 Å². The van der Waals surface area contributed by atoms with Crippen LogP contribution in [0, 0.1) is 6.92 Å². The zero-order valence-electron chi connectivity index (χ0n) is 18.3. The van der Waals surface area contributed by atoms with E-state index in [-0.39, 0.29) is 11.1 Å². The normalized spacial score (nSPS) is 12.0. The second-order valence-corrected chi connectivity index (χ2v) is 8.82. The topological polar surface area (TPSA) is 70.2 Å². The number of nitrogens with zero attached hydrogens (tertiary/aromatic N) is 1. The van der Waals surface area contributed by atoms with Gasteiger partial charge in [0.25, 0.3) is 0 Å². The Morgan fingerprint density at radius 1 is 0.968 bits per heavy atom. The van der Waals surface area contributed by atoms with Crippen LogP contribution < -0.4 is 10.4 Å². The van der Waals surface area contributed by atoms with Gasteiger partial charge in [0.2, 0.25) is 0 Å². The second kappa shape index (κ2) is 8.26. The summed E-state index contributed by atoms with van der Waals surface area (Å²) in [5.74, 6) is 0.849. The van der Waals surface area contributed by atoms with Crippen molar-refractivity contribution in [2.24, 2.45) is 4.99 Å². The molecule has 158 valence electrons. The number of imidazole rings is 1. The molecule has 0 spiro atoms. The molecular weight excluding hydrogens is 386 g/mol. The molecule has 0 saturated carbocycles. The summed E-state index contributed by atoms with van der Waals surface area (Å²) in [6.07, 6.45) is 1.84. The molecule has 0 aliphatic rings. The number of aryl methyl sites for hydroxylation is 1. The van der Waals surface area contributed by atoms with Crippen molar-refractivity contribution in [3.8, 4) is 5.75 Å². The Hall–Kier alpha value is -3.60. The predicted octanol–water partition coefficient (Wildman–Crippen LogP) is 5.79. The second-order valence-electron chi connectivity index (χ2n) is 8.82.